The Bertz CT molecular complexity index is 257. The summed E-state index contributed by atoms with van der Waals surface area (Å²) in [6.07, 6.45) is 4.73. The lowest BCUT2D eigenvalue weighted by atomic mass is 10.00. The van der Waals surface area contributed by atoms with Crippen LogP contribution < -0.4 is 5.32 Å². The van der Waals surface area contributed by atoms with Crippen LogP contribution in [0.3, 0.4) is 0 Å². The molecule has 1 amide bonds. The highest BCUT2D eigenvalue weighted by atomic mass is 16.1. The molecule has 1 fully saturated rings. The molecule has 0 atom stereocenters. The molecule has 0 aromatic heterocycles. The van der Waals surface area contributed by atoms with E-state index in [4.69, 9.17) is 0 Å². The zero-order valence-electron chi connectivity index (χ0n) is 11.3. The van der Waals surface area contributed by atoms with E-state index in [1.54, 1.807) is 6.08 Å². The van der Waals surface area contributed by atoms with Gasteiger partial charge in [-0.2, -0.15) is 0 Å². The second kappa shape index (κ2) is 7.45. The Hall–Kier alpha value is -0.870. The molecule has 1 rings (SSSR count). The number of hydrogen-bond acceptors (Lipinski definition) is 3. The smallest absolute Gasteiger partial charge is 0.243 e. The summed E-state index contributed by atoms with van der Waals surface area (Å²) in [5.74, 6) is 0.675. The van der Waals surface area contributed by atoms with Crippen LogP contribution in [-0.2, 0) is 4.79 Å². The first-order valence-corrected chi connectivity index (χ1v) is 6.43. The largest absolute Gasteiger partial charge is 0.352 e. The minimum Gasteiger partial charge on any atom is -0.352 e. The lowest BCUT2D eigenvalue weighted by molar-refractivity contribution is -0.117. The van der Waals surface area contributed by atoms with Gasteiger partial charge in [-0.25, -0.2) is 0 Å². The third kappa shape index (κ3) is 5.84. The molecule has 0 radical (unpaired) electrons. The van der Waals surface area contributed by atoms with Crippen LogP contribution in [0.1, 0.15) is 13.3 Å². The van der Waals surface area contributed by atoms with Gasteiger partial charge >= 0.3 is 0 Å². The van der Waals surface area contributed by atoms with Gasteiger partial charge in [0.15, 0.2) is 0 Å². The average Bonchev–Trinajstić information content (AvgIpc) is 2.20. The molecule has 0 aliphatic carbocycles. The van der Waals surface area contributed by atoms with Crippen molar-refractivity contribution in [2.75, 3.05) is 46.8 Å². The maximum atomic E-state index is 11.4. The fraction of sp³-hybridized carbons (Fsp3) is 0.769. The van der Waals surface area contributed by atoms with Crippen LogP contribution in [0, 0.1) is 5.92 Å². The predicted molar refractivity (Wildman–Crippen MR) is 70.9 cm³/mol. The fourth-order valence-electron chi connectivity index (χ4n) is 1.98. The Kier molecular flexibility index (Phi) is 6.22. The zero-order valence-corrected chi connectivity index (χ0v) is 11.3. The van der Waals surface area contributed by atoms with Gasteiger partial charge in [0.05, 0.1) is 0 Å². The standard InChI is InChI=1S/C13H25N3O/c1-4-7-16-10-12(11-16)9-14-13(17)6-5-8-15(2)3/h5-6,12H,4,7-11H2,1-3H3,(H,14,17)/b6-5+. The molecule has 4 nitrogen and oxygen atoms in total. The van der Waals surface area contributed by atoms with Gasteiger partial charge in [-0.3, -0.25) is 4.79 Å². The van der Waals surface area contributed by atoms with Gasteiger partial charge in [0.2, 0.25) is 5.91 Å². The van der Waals surface area contributed by atoms with E-state index in [0.29, 0.717) is 5.92 Å². The molecule has 1 aliphatic rings. The van der Waals surface area contributed by atoms with Crippen LogP contribution >= 0.6 is 0 Å². The molecule has 1 N–H and O–H groups in total. The lowest BCUT2D eigenvalue weighted by Gasteiger charge is -2.39. The molecular weight excluding hydrogens is 214 g/mol. The Labute approximate surface area is 105 Å². The van der Waals surface area contributed by atoms with E-state index in [2.05, 4.69) is 17.1 Å². The number of hydrogen-bond donors (Lipinski definition) is 1. The highest BCUT2D eigenvalue weighted by Gasteiger charge is 2.25. The Morgan fingerprint density at radius 2 is 2.18 bits per heavy atom. The minimum atomic E-state index is 0.0285. The number of likely N-dealkylation sites (N-methyl/N-ethyl adjacent to an activating group) is 1. The summed E-state index contributed by atoms with van der Waals surface area (Å²) in [5, 5.41) is 2.95. The van der Waals surface area contributed by atoms with E-state index in [-0.39, 0.29) is 5.91 Å². The molecule has 1 heterocycles. The lowest BCUT2D eigenvalue weighted by Crippen LogP contribution is -2.51. The third-order valence-electron chi connectivity index (χ3n) is 2.88. The molecule has 17 heavy (non-hydrogen) atoms. The number of carbonyl (C=O) groups is 1. The zero-order chi connectivity index (χ0) is 12.7. The Morgan fingerprint density at radius 3 is 2.76 bits per heavy atom. The van der Waals surface area contributed by atoms with E-state index >= 15 is 0 Å². The van der Waals surface area contributed by atoms with Crippen molar-refractivity contribution in [2.24, 2.45) is 5.92 Å². The molecule has 4 heteroatoms. The number of rotatable bonds is 7. The minimum absolute atomic E-state index is 0.0285. The van der Waals surface area contributed by atoms with Gasteiger partial charge in [0.1, 0.15) is 0 Å². The molecule has 0 aromatic carbocycles. The molecule has 0 unspecified atom stereocenters. The van der Waals surface area contributed by atoms with Crippen molar-refractivity contribution in [3.63, 3.8) is 0 Å². The van der Waals surface area contributed by atoms with E-state index in [9.17, 15) is 4.79 Å². The average molecular weight is 239 g/mol. The Balaban J connectivity index is 2.03. The van der Waals surface area contributed by atoms with E-state index in [1.165, 1.54) is 13.0 Å². The summed E-state index contributed by atoms with van der Waals surface area (Å²) in [5.41, 5.74) is 0. The molecule has 0 aromatic rings. The number of likely N-dealkylation sites (tertiary alicyclic amines) is 1. The Morgan fingerprint density at radius 1 is 1.47 bits per heavy atom. The van der Waals surface area contributed by atoms with Crippen molar-refractivity contribution in [1.82, 2.24) is 15.1 Å². The van der Waals surface area contributed by atoms with E-state index < -0.39 is 0 Å². The van der Waals surface area contributed by atoms with Crippen LogP contribution in [-0.4, -0.2) is 62.5 Å². The van der Waals surface area contributed by atoms with Gasteiger partial charge < -0.3 is 15.1 Å². The van der Waals surface area contributed by atoms with Crippen molar-refractivity contribution in [3.8, 4) is 0 Å². The molecule has 1 saturated heterocycles. The number of nitrogens with one attached hydrogen (secondary N) is 1. The normalized spacial score (nSPS) is 17.6. The first kappa shape index (κ1) is 14.2. The van der Waals surface area contributed by atoms with Crippen molar-refractivity contribution in [2.45, 2.75) is 13.3 Å². The molecular formula is C13H25N3O. The molecule has 0 saturated carbocycles. The van der Waals surface area contributed by atoms with Crippen LogP contribution in [0.5, 0.6) is 0 Å². The summed E-state index contributed by atoms with van der Waals surface area (Å²) < 4.78 is 0. The maximum Gasteiger partial charge on any atom is 0.243 e. The topological polar surface area (TPSA) is 35.6 Å². The summed E-state index contributed by atoms with van der Waals surface area (Å²) in [7, 11) is 3.97. The van der Waals surface area contributed by atoms with Crippen LogP contribution in [0.4, 0.5) is 0 Å². The SMILES string of the molecule is CCCN1CC(CNC(=O)/C=C/CN(C)C)C1. The second-order valence-corrected chi connectivity index (χ2v) is 5.04. The van der Waals surface area contributed by atoms with Gasteiger partial charge in [0, 0.05) is 38.2 Å². The highest BCUT2D eigenvalue weighted by molar-refractivity contribution is 5.87. The number of amides is 1. The van der Waals surface area contributed by atoms with Gasteiger partial charge in [0.25, 0.3) is 0 Å². The van der Waals surface area contributed by atoms with Gasteiger partial charge in [-0.15, -0.1) is 0 Å². The molecule has 0 spiro atoms. The summed E-state index contributed by atoms with van der Waals surface area (Å²) in [6.45, 7) is 7.27. The highest BCUT2D eigenvalue weighted by Crippen LogP contribution is 2.14. The van der Waals surface area contributed by atoms with Gasteiger partial charge in [-0.1, -0.05) is 13.0 Å². The monoisotopic (exact) mass is 239 g/mol. The van der Waals surface area contributed by atoms with Crippen LogP contribution in [0.2, 0.25) is 0 Å². The van der Waals surface area contributed by atoms with Crippen molar-refractivity contribution in [1.29, 1.82) is 0 Å². The number of nitrogens with zero attached hydrogens (tertiary/aromatic N) is 2. The van der Waals surface area contributed by atoms with Gasteiger partial charge in [-0.05, 0) is 27.1 Å². The van der Waals surface area contributed by atoms with Crippen LogP contribution in [0.25, 0.3) is 0 Å². The van der Waals surface area contributed by atoms with E-state index in [0.717, 1.165) is 26.2 Å². The van der Waals surface area contributed by atoms with E-state index in [1.807, 2.05) is 25.1 Å². The molecule has 98 valence electrons. The third-order valence-corrected chi connectivity index (χ3v) is 2.88. The quantitative estimate of drug-likeness (QED) is 0.660. The summed E-state index contributed by atoms with van der Waals surface area (Å²) in [6, 6.07) is 0. The summed E-state index contributed by atoms with van der Waals surface area (Å²) in [4.78, 5) is 15.9. The first-order chi connectivity index (χ1) is 8.11. The number of carbonyl (C=O) groups excluding carboxylic acids is 1. The van der Waals surface area contributed by atoms with Crippen molar-refractivity contribution >= 4 is 5.91 Å². The fourth-order valence-corrected chi connectivity index (χ4v) is 1.98. The predicted octanol–water partition coefficient (Wildman–Crippen LogP) is 0.562. The maximum absolute atomic E-state index is 11.4. The van der Waals surface area contributed by atoms with Crippen molar-refractivity contribution in [3.05, 3.63) is 12.2 Å². The molecule has 1 aliphatic heterocycles. The summed E-state index contributed by atoms with van der Waals surface area (Å²) >= 11 is 0. The molecule has 0 bridgehead atoms. The first-order valence-electron chi connectivity index (χ1n) is 6.43. The second-order valence-electron chi connectivity index (χ2n) is 5.04. The van der Waals surface area contributed by atoms with Crippen LogP contribution in [0.15, 0.2) is 12.2 Å². The van der Waals surface area contributed by atoms with Crippen molar-refractivity contribution < 1.29 is 4.79 Å².